The lowest BCUT2D eigenvalue weighted by atomic mass is 10.1. The Balaban J connectivity index is 1.89. The Hall–Kier alpha value is -3.55. The Morgan fingerprint density at radius 2 is 2.06 bits per heavy atom. The van der Waals surface area contributed by atoms with Gasteiger partial charge in [-0.05, 0) is 30.5 Å². The smallest absolute Gasteiger partial charge is 0.328 e. The SMILES string of the molecule is COC(=O)[C@H](CCCN=C(N)N[N+](=O)[O-])NC(=O)CCN1C(=O)CSC1c1ccc(OC)cc1. The molecule has 1 saturated heterocycles. The molecule has 1 unspecified atom stereocenters. The molecule has 1 heterocycles. The second-order valence-electron chi connectivity index (χ2n) is 7.20. The van der Waals surface area contributed by atoms with Crippen molar-refractivity contribution in [2.24, 2.45) is 10.7 Å². The van der Waals surface area contributed by atoms with Crippen LogP contribution in [0, 0.1) is 10.1 Å². The summed E-state index contributed by atoms with van der Waals surface area (Å²) < 4.78 is 9.90. The van der Waals surface area contributed by atoms with Gasteiger partial charge in [-0.25, -0.2) is 19.9 Å². The second kappa shape index (κ2) is 13.2. The number of nitrogens with one attached hydrogen (secondary N) is 2. The Morgan fingerprint density at radius 1 is 1.35 bits per heavy atom. The number of hydrogen-bond acceptors (Lipinski definition) is 9. The summed E-state index contributed by atoms with van der Waals surface area (Å²) >= 11 is 1.48. The molecule has 1 aromatic rings. The van der Waals surface area contributed by atoms with E-state index in [0.717, 1.165) is 5.56 Å². The number of carbonyl (C=O) groups is 3. The minimum atomic E-state index is -0.918. The van der Waals surface area contributed by atoms with Gasteiger partial charge in [-0.15, -0.1) is 11.8 Å². The molecule has 0 aliphatic carbocycles. The van der Waals surface area contributed by atoms with Gasteiger partial charge in [0.05, 0.1) is 20.0 Å². The molecule has 14 heteroatoms. The number of esters is 1. The van der Waals surface area contributed by atoms with Crippen molar-refractivity contribution in [3.8, 4) is 5.75 Å². The van der Waals surface area contributed by atoms with Crippen LogP contribution in [0.2, 0.25) is 0 Å². The number of nitro groups is 1. The Kier molecular flexibility index (Phi) is 10.4. The number of rotatable bonds is 12. The van der Waals surface area contributed by atoms with Crippen LogP contribution in [0.1, 0.15) is 30.2 Å². The Labute approximate surface area is 200 Å². The molecule has 186 valence electrons. The zero-order valence-corrected chi connectivity index (χ0v) is 19.7. The molecule has 4 N–H and O–H groups in total. The highest BCUT2D eigenvalue weighted by molar-refractivity contribution is 8.00. The number of guanidine groups is 1. The van der Waals surface area contributed by atoms with Gasteiger partial charge in [0.1, 0.15) is 17.2 Å². The fraction of sp³-hybridized carbons (Fsp3) is 0.500. The quantitative estimate of drug-likeness (QED) is 0.0903. The van der Waals surface area contributed by atoms with Gasteiger partial charge < -0.3 is 25.4 Å². The first-order valence-corrected chi connectivity index (χ1v) is 11.4. The largest absolute Gasteiger partial charge is 0.497 e. The molecule has 0 saturated carbocycles. The second-order valence-corrected chi connectivity index (χ2v) is 8.26. The maximum absolute atomic E-state index is 12.5. The summed E-state index contributed by atoms with van der Waals surface area (Å²) in [5.41, 5.74) is 7.97. The van der Waals surface area contributed by atoms with E-state index < -0.39 is 23.0 Å². The number of carbonyl (C=O) groups excluding carboxylic acids is 3. The molecular weight excluding hydrogens is 468 g/mol. The van der Waals surface area contributed by atoms with Gasteiger partial charge in [0.2, 0.25) is 11.8 Å². The maximum Gasteiger partial charge on any atom is 0.328 e. The molecule has 1 aromatic carbocycles. The molecule has 2 atom stereocenters. The summed E-state index contributed by atoms with van der Waals surface area (Å²) in [6, 6.07) is 6.47. The molecule has 1 aliphatic rings. The van der Waals surface area contributed by atoms with Crippen molar-refractivity contribution >= 4 is 35.5 Å². The summed E-state index contributed by atoms with van der Waals surface area (Å²) in [6.07, 6.45) is 0.520. The molecule has 1 fully saturated rings. The minimum Gasteiger partial charge on any atom is -0.497 e. The highest BCUT2D eigenvalue weighted by atomic mass is 32.2. The van der Waals surface area contributed by atoms with Crippen molar-refractivity contribution in [2.75, 3.05) is 33.1 Å². The molecule has 1 aliphatic heterocycles. The molecule has 2 rings (SSSR count). The lowest BCUT2D eigenvalue weighted by Gasteiger charge is -2.24. The van der Waals surface area contributed by atoms with Crippen LogP contribution in [-0.2, 0) is 19.1 Å². The third-order valence-electron chi connectivity index (χ3n) is 4.91. The van der Waals surface area contributed by atoms with Crippen LogP contribution in [-0.4, -0.2) is 72.8 Å². The molecule has 0 radical (unpaired) electrons. The van der Waals surface area contributed by atoms with Crippen LogP contribution in [0.5, 0.6) is 5.75 Å². The number of methoxy groups -OCH3 is 2. The van der Waals surface area contributed by atoms with Gasteiger partial charge in [-0.1, -0.05) is 17.6 Å². The summed E-state index contributed by atoms with van der Waals surface area (Å²) in [4.78, 5) is 52.6. The van der Waals surface area contributed by atoms with E-state index in [9.17, 15) is 24.5 Å². The van der Waals surface area contributed by atoms with Crippen LogP contribution in [0.25, 0.3) is 0 Å². The fourth-order valence-corrected chi connectivity index (χ4v) is 4.46. The molecule has 34 heavy (non-hydrogen) atoms. The van der Waals surface area contributed by atoms with Gasteiger partial charge in [0, 0.05) is 19.5 Å². The predicted molar refractivity (Wildman–Crippen MR) is 124 cm³/mol. The predicted octanol–water partition coefficient (Wildman–Crippen LogP) is 0.193. The number of thioether (sulfide) groups is 1. The number of hydrazine groups is 1. The summed E-state index contributed by atoms with van der Waals surface area (Å²) in [5.74, 6) is -0.437. The first kappa shape index (κ1) is 26.7. The topological polar surface area (TPSA) is 178 Å². The van der Waals surface area contributed by atoms with Crippen molar-refractivity contribution < 1.29 is 28.9 Å². The first-order valence-electron chi connectivity index (χ1n) is 10.4. The van der Waals surface area contributed by atoms with Crippen molar-refractivity contribution in [1.82, 2.24) is 15.6 Å². The number of benzene rings is 1. The zero-order chi connectivity index (χ0) is 25.1. The minimum absolute atomic E-state index is 0.00427. The van der Waals surface area contributed by atoms with E-state index in [1.54, 1.807) is 17.4 Å². The number of nitrogens with two attached hydrogens (primary N) is 1. The first-order chi connectivity index (χ1) is 16.2. The van der Waals surface area contributed by atoms with Gasteiger partial charge >= 0.3 is 5.97 Å². The number of aliphatic imine (C=N–C) groups is 1. The van der Waals surface area contributed by atoms with Crippen molar-refractivity contribution in [3.05, 3.63) is 39.9 Å². The van der Waals surface area contributed by atoms with Crippen LogP contribution in [0.3, 0.4) is 0 Å². The van der Waals surface area contributed by atoms with Crippen molar-refractivity contribution in [3.63, 3.8) is 0 Å². The molecular formula is C20H28N6O7S. The standard InChI is InChI=1S/C20H28N6O7S/c1-32-14-7-5-13(6-8-14)18-25(17(28)12-34-18)11-9-16(27)23-15(19(29)33-2)4-3-10-22-20(21)24-26(30)31/h5-8,15,18H,3-4,9-12H2,1-2H3,(H,23,27)(H3,21,22,24)/t15-,18?/m0/s1. The van der Waals surface area contributed by atoms with Crippen LogP contribution in [0.4, 0.5) is 0 Å². The maximum atomic E-state index is 12.5. The van der Waals surface area contributed by atoms with Gasteiger partial charge in [-0.2, -0.15) is 0 Å². The van der Waals surface area contributed by atoms with Crippen molar-refractivity contribution in [1.29, 1.82) is 0 Å². The normalized spacial score (nSPS) is 16.6. The highest BCUT2D eigenvalue weighted by Crippen LogP contribution is 2.39. The van der Waals surface area contributed by atoms with E-state index in [0.29, 0.717) is 17.9 Å². The monoisotopic (exact) mass is 496 g/mol. The average molecular weight is 497 g/mol. The number of hydrogen-bond donors (Lipinski definition) is 3. The van der Waals surface area contributed by atoms with E-state index in [1.165, 1.54) is 18.9 Å². The van der Waals surface area contributed by atoms with Crippen LogP contribution < -0.4 is 21.2 Å². The zero-order valence-electron chi connectivity index (χ0n) is 18.9. The van der Waals surface area contributed by atoms with E-state index >= 15 is 0 Å². The Bertz CT molecular complexity index is 911. The molecule has 0 spiro atoms. The van der Waals surface area contributed by atoms with E-state index in [4.69, 9.17) is 15.2 Å². The van der Waals surface area contributed by atoms with Crippen molar-refractivity contribution in [2.45, 2.75) is 30.7 Å². The molecule has 0 bridgehead atoms. The van der Waals surface area contributed by atoms with E-state index in [1.807, 2.05) is 24.3 Å². The molecule has 0 aromatic heterocycles. The summed E-state index contributed by atoms with van der Waals surface area (Å²) in [7, 11) is 2.78. The lowest BCUT2D eigenvalue weighted by molar-refractivity contribution is -0.525. The van der Waals surface area contributed by atoms with E-state index in [2.05, 4.69) is 10.3 Å². The van der Waals surface area contributed by atoms with Gasteiger partial charge in [0.25, 0.3) is 5.96 Å². The van der Waals surface area contributed by atoms with Crippen LogP contribution >= 0.6 is 11.8 Å². The van der Waals surface area contributed by atoms with Gasteiger partial charge in [-0.3, -0.25) is 9.59 Å². The molecule has 13 nitrogen and oxygen atoms in total. The third kappa shape index (κ3) is 8.10. The van der Waals surface area contributed by atoms with Crippen LogP contribution in [0.15, 0.2) is 29.3 Å². The number of nitrogens with zero attached hydrogens (tertiary/aromatic N) is 3. The Morgan fingerprint density at radius 3 is 2.68 bits per heavy atom. The summed E-state index contributed by atoms with van der Waals surface area (Å²) in [6.45, 7) is 0.300. The summed E-state index contributed by atoms with van der Waals surface area (Å²) in [5, 5.41) is 11.9. The third-order valence-corrected chi connectivity index (χ3v) is 6.16. The van der Waals surface area contributed by atoms with Gasteiger partial charge in [0.15, 0.2) is 5.03 Å². The molecule has 2 amide bonds. The lowest BCUT2D eigenvalue weighted by Crippen LogP contribution is -2.43. The number of ether oxygens (including phenoxy) is 2. The average Bonchev–Trinajstić information content (AvgIpc) is 3.18. The number of amides is 2. The fourth-order valence-electron chi connectivity index (χ4n) is 3.24. The van der Waals surface area contributed by atoms with E-state index in [-0.39, 0.29) is 43.2 Å². The highest BCUT2D eigenvalue weighted by Gasteiger charge is 2.33.